The Labute approximate surface area is 120 Å². The van der Waals surface area contributed by atoms with Crippen molar-refractivity contribution in [3.8, 4) is 0 Å². The summed E-state index contributed by atoms with van der Waals surface area (Å²) in [5.74, 6) is -0.123. The summed E-state index contributed by atoms with van der Waals surface area (Å²) in [4.78, 5) is 11.9. The van der Waals surface area contributed by atoms with E-state index in [1.807, 2.05) is 13.8 Å². The van der Waals surface area contributed by atoms with E-state index in [1.165, 1.54) is 51.4 Å². The minimum absolute atomic E-state index is 0.123. The molecule has 0 aromatic heterocycles. The average molecular weight is 319 g/mol. The van der Waals surface area contributed by atoms with Crippen molar-refractivity contribution in [1.29, 1.82) is 0 Å². The molecule has 0 amide bonds. The van der Waals surface area contributed by atoms with Crippen molar-refractivity contribution in [2.24, 2.45) is 0 Å². The van der Waals surface area contributed by atoms with Crippen molar-refractivity contribution in [2.45, 2.75) is 88.5 Å². The third kappa shape index (κ3) is 6.77. The molecule has 106 valence electrons. The van der Waals surface area contributed by atoms with Crippen LogP contribution in [0, 0.1) is 0 Å². The summed E-state index contributed by atoms with van der Waals surface area (Å²) in [6.07, 6.45) is 12.6. The summed E-state index contributed by atoms with van der Waals surface area (Å²) in [6.45, 7) is 3.70. The quantitative estimate of drug-likeness (QED) is 0.529. The molecular formula is C15H27BrO2. The summed E-state index contributed by atoms with van der Waals surface area (Å²) >= 11 is 3.37. The summed E-state index contributed by atoms with van der Waals surface area (Å²) in [5.41, 5.74) is 0. The van der Waals surface area contributed by atoms with Crippen LogP contribution >= 0.6 is 15.9 Å². The first-order valence-electron chi connectivity index (χ1n) is 7.40. The van der Waals surface area contributed by atoms with E-state index in [0.29, 0.717) is 0 Å². The van der Waals surface area contributed by atoms with E-state index in [0.717, 1.165) is 12.8 Å². The molecule has 0 unspecified atom stereocenters. The number of halogens is 1. The predicted molar refractivity (Wildman–Crippen MR) is 79.1 cm³/mol. The van der Waals surface area contributed by atoms with Gasteiger partial charge in [0.25, 0.3) is 0 Å². The van der Waals surface area contributed by atoms with Gasteiger partial charge in [0.1, 0.15) is 10.4 Å². The second-order valence-corrected chi connectivity index (χ2v) is 7.89. The van der Waals surface area contributed by atoms with Gasteiger partial charge in [-0.2, -0.15) is 0 Å². The molecule has 18 heavy (non-hydrogen) atoms. The number of hydrogen-bond acceptors (Lipinski definition) is 2. The zero-order chi connectivity index (χ0) is 13.4. The van der Waals surface area contributed by atoms with Gasteiger partial charge >= 0.3 is 5.97 Å². The van der Waals surface area contributed by atoms with Gasteiger partial charge in [-0.3, -0.25) is 4.79 Å². The van der Waals surface area contributed by atoms with Crippen LogP contribution in [0.2, 0.25) is 0 Å². The van der Waals surface area contributed by atoms with Crippen LogP contribution in [0.3, 0.4) is 0 Å². The summed E-state index contributed by atoms with van der Waals surface area (Å²) in [7, 11) is 0. The van der Waals surface area contributed by atoms with Crippen LogP contribution in [-0.2, 0) is 9.53 Å². The van der Waals surface area contributed by atoms with Gasteiger partial charge in [0.05, 0.1) is 0 Å². The van der Waals surface area contributed by atoms with E-state index >= 15 is 0 Å². The van der Waals surface area contributed by atoms with Gasteiger partial charge in [-0.1, -0.05) is 54.5 Å². The fourth-order valence-corrected chi connectivity index (χ4v) is 2.45. The second-order valence-electron chi connectivity index (χ2n) is 5.91. The number of carbonyl (C=O) groups is 1. The van der Waals surface area contributed by atoms with E-state index in [2.05, 4.69) is 15.9 Å². The highest BCUT2D eigenvalue weighted by atomic mass is 79.9. The Kier molecular flexibility index (Phi) is 7.28. The Morgan fingerprint density at radius 1 is 0.944 bits per heavy atom. The van der Waals surface area contributed by atoms with Crippen LogP contribution in [0.15, 0.2) is 0 Å². The number of rotatable bonds is 2. The van der Waals surface area contributed by atoms with Crippen molar-refractivity contribution in [3.05, 3.63) is 0 Å². The van der Waals surface area contributed by atoms with E-state index in [4.69, 9.17) is 4.74 Å². The number of carbonyl (C=O) groups excluding carboxylic acids is 1. The van der Waals surface area contributed by atoms with E-state index < -0.39 is 4.32 Å². The highest BCUT2D eigenvalue weighted by Gasteiger charge is 2.28. The van der Waals surface area contributed by atoms with Gasteiger partial charge in [-0.05, 0) is 39.5 Å². The molecule has 0 bridgehead atoms. The van der Waals surface area contributed by atoms with E-state index in [1.54, 1.807) is 0 Å². The van der Waals surface area contributed by atoms with Crippen LogP contribution in [0.25, 0.3) is 0 Å². The third-order valence-corrected chi connectivity index (χ3v) is 3.89. The van der Waals surface area contributed by atoms with Crippen LogP contribution < -0.4 is 0 Å². The molecular weight excluding hydrogens is 292 g/mol. The van der Waals surface area contributed by atoms with Gasteiger partial charge in [-0.15, -0.1) is 0 Å². The van der Waals surface area contributed by atoms with Crippen molar-refractivity contribution >= 4 is 21.9 Å². The van der Waals surface area contributed by atoms with Crippen LogP contribution in [0.5, 0.6) is 0 Å². The molecule has 0 radical (unpaired) electrons. The highest BCUT2D eigenvalue weighted by Crippen LogP contribution is 2.23. The van der Waals surface area contributed by atoms with Crippen LogP contribution in [0.1, 0.15) is 78.1 Å². The maximum absolute atomic E-state index is 11.9. The number of alkyl halides is 1. The minimum atomic E-state index is -0.556. The topological polar surface area (TPSA) is 26.3 Å². The molecule has 0 N–H and O–H groups in total. The standard InChI is InChI=1S/C15H27BrO2/c1-15(2,16)14(17)18-13-11-9-7-5-3-4-6-8-10-12-13/h13H,3-12H2,1-2H3. The molecule has 0 aliphatic heterocycles. The first-order valence-corrected chi connectivity index (χ1v) is 8.19. The molecule has 1 fully saturated rings. The second kappa shape index (κ2) is 8.19. The highest BCUT2D eigenvalue weighted by molar-refractivity contribution is 9.10. The maximum atomic E-state index is 11.9. The first kappa shape index (κ1) is 16.0. The Bertz CT molecular complexity index is 233. The van der Waals surface area contributed by atoms with Crippen molar-refractivity contribution in [1.82, 2.24) is 0 Å². The lowest BCUT2D eigenvalue weighted by Gasteiger charge is -2.22. The van der Waals surface area contributed by atoms with Crippen molar-refractivity contribution in [2.75, 3.05) is 0 Å². The molecule has 1 rings (SSSR count). The van der Waals surface area contributed by atoms with Crippen LogP contribution in [-0.4, -0.2) is 16.4 Å². The molecule has 0 saturated heterocycles. The molecule has 0 heterocycles. The Morgan fingerprint density at radius 2 is 1.33 bits per heavy atom. The van der Waals surface area contributed by atoms with Gasteiger partial charge in [0, 0.05) is 0 Å². The molecule has 0 atom stereocenters. The smallest absolute Gasteiger partial charge is 0.322 e. The molecule has 3 heteroatoms. The largest absolute Gasteiger partial charge is 0.461 e. The van der Waals surface area contributed by atoms with Crippen LogP contribution in [0.4, 0.5) is 0 Å². The molecule has 1 saturated carbocycles. The van der Waals surface area contributed by atoms with Gasteiger partial charge in [0.2, 0.25) is 0 Å². The van der Waals surface area contributed by atoms with Crippen molar-refractivity contribution in [3.63, 3.8) is 0 Å². The first-order chi connectivity index (χ1) is 8.50. The fourth-order valence-electron chi connectivity index (χ4n) is 2.36. The lowest BCUT2D eigenvalue weighted by molar-refractivity contribution is -0.151. The fraction of sp³-hybridized carbons (Fsp3) is 0.933. The molecule has 2 nitrogen and oxygen atoms in total. The van der Waals surface area contributed by atoms with Gasteiger partial charge < -0.3 is 4.74 Å². The summed E-state index contributed by atoms with van der Waals surface area (Å²) < 4.78 is 5.09. The normalized spacial score (nSPS) is 21.1. The zero-order valence-electron chi connectivity index (χ0n) is 11.8. The van der Waals surface area contributed by atoms with E-state index in [9.17, 15) is 4.79 Å². The molecule has 1 aliphatic carbocycles. The molecule has 0 spiro atoms. The Morgan fingerprint density at radius 3 is 1.72 bits per heavy atom. The van der Waals surface area contributed by atoms with E-state index in [-0.39, 0.29) is 12.1 Å². The minimum Gasteiger partial charge on any atom is -0.461 e. The lowest BCUT2D eigenvalue weighted by Crippen LogP contribution is -2.31. The van der Waals surface area contributed by atoms with Gasteiger partial charge in [0.15, 0.2) is 0 Å². The average Bonchev–Trinajstić information content (AvgIpc) is 2.34. The number of esters is 1. The van der Waals surface area contributed by atoms with Gasteiger partial charge in [-0.25, -0.2) is 0 Å². The lowest BCUT2D eigenvalue weighted by atomic mass is 10.0. The Hall–Kier alpha value is -0.0500. The Balaban J connectivity index is 2.41. The maximum Gasteiger partial charge on any atom is 0.322 e. The molecule has 0 aromatic carbocycles. The zero-order valence-corrected chi connectivity index (χ0v) is 13.4. The summed E-state index contributed by atoms with van der Waals surface area (Å²) in [6, 6.07) is 0. The third-order valence-electron chi connectivity index (χ3n) is 3.56. The molecule has 0 aromatic rings. The van der Waals surface area contributed by atoms with Crippen molar-refractivity contribution < 1.29 is 9.53 Å². The summed E-state index contributed by atoms with van der Waals surface area (Å²) in [5, 5.41) is 0. The molecule has 1 aliphatic rings. The number of hydrogen-bond donors (Lipinski definition) is 0. The number of ether oxygens (including phenoxy) is 1. The predicted octanol–water partition coefficient (Wildman–Crippen LogP) is 4.99. The monoisotopic (exact) mass is 318 g/mol. The SMILES string of the molecule is CC(C)(Br)C(=O)OC1CCCCCCCCCC1.